The summed E-state index contributed by atoms with van der Waals surface area (Å²) in [6, 6.07) is 5.98. The maximum absolute atomic E-state index is 12.4. The molecule has 2 aliphatic heterocycles. The van der Waals surface area contributed by atoms with E-state index in [9.17, 15) is 4.79 Å². The van der Waals surface area contributed by atoms with E-state index in [4.69, 9.17) is 9.15 Å². The fourth-order valence-corrected chi connectivity index (χ4v) is 3.85. The lowest BCUT2D eigenvalue weighted by atomic mass is 9.94. The molecule has 1 aromatic heterocycles. The molecule has 8 nitrogen and oxygen atoms in total. The van der Waals surface area contributed by atoms with Crippen molar-refractivity contribution in [2.24, 2.45) is 5.41 Å². The summed E-state index contributed by atoms with van der Waals surface area (Å²) >= 11 is 0. The van der Waals surface area contributed by atoms with E-state index >= 15 is 0 Å². The SMILES string of the molecule is O=C(CNc1nnc(-c2ccc3c(c2)OCCN3)o1)N1CCC2(CC1)CC2. The van der Waals surface area contributed by atoms with Crippen LogP contribution in [0.15, 0.2) is 22.6 Å². The number of rotatable bonds is 4. The van der Waals surface area contributed by atoms with Crippen LogP contribution in [0.4, 0.5) is 11.7 Å². The van der Waals surface area contributed by atoms with Gasteiger partial charge < -0.3 is 24.7 Å². The highest BCUT2D eigenvalue weighted by atomic mass is 16.5. The Morgan fingerprint density at radius 1 is 1.22 bits per heavy atom. The molecule has 1 aliphatic carbocycles. The number of amides is 1. The minimum absolute atomic E-state index is 0.0819. The first kappa shape index (κ1) is 16.4. The normalized spacial score (nSPS) is 19.8. The molecular formula is C19H23N5O3. The van der Waals surface area contributed by atoms with Crippen molar-refractivity contribution in [3.8, 4) is 17.2 Å². The number of piperidine rings is 1. The van der Waals surface area contributed by atoms with Gasteiger partial charge in [-0.05, 0) is 49.3 Å². The van der Waals surface area contributed by atoms with Crippen molar-refractivity contribution in [3.63, 3.8) is 0 Å². The quantitative estimate of drug-likeness (QED) is 0.854. The number of benzene rings is 1. The maximum atomic E-state index is 12.4. The van der Waals surface area contributed by atoms with Crippen LogP contribution in [0.2, 0.25) is 0 Å². The molecule has 0 atom stereocenters. The van der Waals surface area contributed by atoms with Crippen molar-refractivity contribution < 1.29 is 13.9 Å². The summed E-state index contributed by atoms with van der Waals surface area (Å²) < 4.78 is 11.3. The molecule has 27 heavy (non-hydrogen) atoms. The van der Waals surface area contributed by atoms with Gasteiger partial charge in [-0.25, -0.2) is 0 Å². The molecule has 5 rings (SSSR count). The smallest absolute Gasteiger partial charge is 0.316 e. The summed E-state index contributed by atoms with van der Waals surface area (Å²) in [4.78, 5) is 14.3. The Kier molecular flexibility index (Phi) is 3.91. The number of carbonyl (C=O) groups excluding carboxylic acids is 1. The Labute approximate surface area is 157 Å². The third kappa shape index (κ3) is 3.31. The van der Waals surface area contributed by atoms with Gasteiger partial charge in [0.15, 0.2) is 0 Å². The van der Waals surface area contributed by atoms with E-state index in [1.165, 1.54) is 12.8 Å². The number of nitrogens with one attached hydrogen (secondary N) is 2. The van der Waals surface area contributed by atoms with Crippen LogP contribution in [0.5, 0.6) is 5.75 Å². The first-order chi connectivity index (χ1) is 13.2. The van der Waals surface area contributed by atoms with Crippen LogP contribution in [0.3, 0.4) is 0 Å². The first-order valence-corrected chi connectivity index (χ1v) is 9.57. The second-order valence-electron chi connectivity index (χ2n) is 7.63. The third-order valence-corrected chi connectivity index (χ3v) is 5.85. The maximum Gasteiger partial charge on any atom is 0.316 e. The van der Waals surface area contributed by atoms with Crippen molar-refractivity contribution in [1.29, 1.82) is 0 Å². The van der Waals surface area contributed by atoms with Crippen LogP contribution >= 0.6 is 0 Å². The number of fused-ring (bicyclic) bond motifs is 1. The van der Waals surface area contributed by atoms with Gasteiger partial charge in [-0.3, -0.25) is 4.79 Å². The van der Waals surface area contributed by atoms with Gasteiger partial charge in [0.2, 0.25) is 11.8 Å². The zero-order valence-corrected chi connectivity index (χ0v) is 15.2. The summed E-state index contributed by atoms with van der Waals surface area (Å²) in [5.74, 6) is 1.26. The molecule has 3 heterocycles. The van der Waals surface area contributed by atoms with Gasteiger partial charge >= 0.3 is 6.01 Å². The molecular weight excluding hydrogens is 346 g/mol. The number of carbonyl (C=O) groups is 1. The Hall–Kier alpha value is -2.77. The number of likely N-dealkylation sites (tertiary alicyclic amines) is 1. The van der Waals surface area contributed by atoms with Crippen molar-refractivity contribution in [2.75, 3.05) is 43.4 Å². The predicted molar refractivity (Wildman–Crippen MR) is 99.7 cm³/mol. The molecule has 8 heteroatoms. The van der Waals surface area contributed by atoms with Gasteiger partial charge in [-0.2, -0.15) is 0 Å². The van der Waals surface area contributed by atoms with Crippen molar-refractivity contribution in [1.82, 2.24) is 15.1 Å². The molecule has 1 saturated heterocycles. The third-order valence-electron chi connectivity index (χ3n) is 5.85. The molecule has 142 valence electrons. The lowest BCUT2D eigenvalue weighted by Gasteiger charge is -2.32. The molecule has 3 aliphatic rings. The second kappa shape index (κ2) is 6.44. The molecule has 2 N–H and O–H groups in total. The number of ether oxygens (including phenoxy) is 1. The van der Waals surface area contributed by atoms with Gasteiger partial charge in [0.25, 0.3) is 0 Å². The van der Waals surface area contributed by atoms with Crippen molar-refractivity contribution in [3.05, 3.63) is 18.2 Å². The minimum Gasteiger partial charge on any atom is -0.490 e. The fraction of sp³-hybridized carbons (Fsp3) is 0.526. The Morgan fingerprint density at radius 3 is 2.89 bits per heavy atom. The Balaban J connectivity index is 1.19. The second-order valence-corrected chi connectivity index (χ2v) is 7.63. The highest BCUT2D eigenvalue weighted by Gasteiger charge is 2.44. The van der Waals surface area contributed by atoms with E-state index in [1.54, 1.807) is 0 Å². The van der Waals surface area contributed by atoms with Crippen molar-refractivity contribution in [2.45, 2.75) is 25.7 Å². The van der Waals surface area contributed by atoms with E-state index in [1.807, 2.05) is 23.1 Å². The van der Waals surface area contributed by atoms with Crippen LogP contribution < -0.4 is 15.4 Å². The van der Waals surface area contributed by atoms with Gasteiger partial charge in [0.1, 0.15) is 12.4 Å². The Morgan fingerprint density at radius 2 is 2.07 bits per heavy atom. The molecule has 2 fully saturated rings. The lowest BCUT2D eigenvalue weighted by Crippen LogP contribution is -2.41. The Bertz CT molecular complexity index is 851. The number of nitrogens with zero attached hydrogens (tertiary/aromatic N) is 3. The summed E-state index contributed by atoms with van der Waals surface area (Å²) in [7, 11) is 0. The van der Waals surface area contributed by atoms with Crippen LogP contribution in [0.25, 0.3) is 11.5 Å². The van der Waals surface area contributed by atoms with E-state index in [2.05, 4.69) is 20.8 Å². The lowest BCUT2D eigenvalue weighted by molar-refractivity contribution is -0.130. The van der Waals surface area contributed by atoms with Gasteiger partial charge in [0, 0.05) is 25.2 Å². The number of hydrogen-bond donors (Lipinski definition) is 2. The minimum atomic E-state index is 0.0819. The molecule has 2 aromatic rings. The van der Waals surface area contributed by atoms with E-state index < -0.39 is 0 Å². The van der Waals surface area contributed by atoms with E-state index in [0.717, 1.165) is 49.5 Å². The van der Waals surface area contributed by atoms with Gasteiger partial charge in [0.05, 0.1) is 12.2 Å². The average molecular weight is 369 g/mol. The molecule has 0 unspecified atom stereocenters. The topological polar surface area (TPSA) is 92.5 Å². The predicted octanol–water partition coefficient (Wildman–Crippen LogP) is 2.36. The van der Waals surface area contributed by atoms with Crippen LogP contribution in [-0.4, -0.2) is 53.8 Å². The summed E-state index contributed by atoms with van der Waals surface area (Å²) in [6.45, 7) is 3.32. The van der Waals surface area contributed by atoms with Crippen LogP contribution in [-0.2, 0) is 4.79 Å². The molecule has 1 amide bonds. The standard InChI is InChI=1S/C19H23N5O3/c25-16(24-8-5-19(3-4-19)6-9-24)12-21-18-23-22-17(27-18)13-1-2-14-15(11-13)26-10-7-20-14/h1-2,11,20H,3-10,12H2,(H,21,23). The highest BCUT2D eigenvalue weighted by Crippen LogP contribution is 2.53. The highest BCUT2D eigenvalue weighted by molar-refractivity contribution is 5.80. The zero-order valence-electron chi connectivity index (χ0n) is 15.2. The number of hydrogen-bond acceptors (Lipinski definition) is 7. The van der Waals surface area contributed by atoms with Gasteiger partial charge in [-0.1, -0.05) is 5.10 Å². The van der Waals surface area contributed by atoms with Gasteiger partial charge in [-0.15, -0.1) is 5.10 Å². The largest absolute Gasteiger partial charge is 0.490 e. The number of anilines is 2. The molecule has 1 spiro atoms. The summed E-state index contributed by atoms with van der Waals surface area (Å²) in [5.41, 5.74) is 2.32. The monoisotopic (exact) mass is 369 g/mol. The molecule has 1 aromatic carbocycles. The van der Waals surface area contributed by atoms with E-state index in [-0.39, 0.29) is 18.5 Å². The van der Waals surface area contributed by atoms with Crippen LogP contribution in [0, 0.1) is 5.41 Å². The molecule has 0 radical (unpaired) electrons. The van der Waals surface area contributed by atoms with Crippen LogP contribution in [0.1, 0.15) is 25.7 Å². The fourth-order valence-electron chi connectivity index (χ4n) is 3.85. The zero-order chi connectivity index (χ0) is 18.3. The van der Waals surface area contributed by atoms with Crippen molar-refractivity contribution >= 4 is 17.6 Å². The summed E-state index contributed by atoms with van der Waals surface area (Å²) in [6.07, 6.45) is 4.95. The molecule has 0 bridgehead atoms. The first-order valence-electron chi connectivity index (χ1n) is 9.57. The number of aromatic nitrogens is 2. The average Bonchev–Trinajstić information content (AvgIpc) is 3.29. The summed E-state index contributed by atoms with van der Waals surface area (Å²) in [5, 5.41) is 14.3. The molecule has 1 saturated carbocycles. The van der Waals surface area contributed by atoms with E-state index in [0.29, 0.717) is 17.9 Å².